The molecule has 4 heteroatoms. The molecule has 1 aromatic carbocycles. The number of hydrogen-bond donors (Lipinski definition) is 1. The second-order valence-electron chi connectivity index (χ2n) is 4.43. The van der Waals surface area contributed by atoms with Crippen molar-refractivity contribution in [2.45, 2.75) is 13.8 Å². The van der Waals surface area contributed by atoms with Gasteiger partial charge in [-0.2, -0.15) is 0 Å². The Morgan fingerprint density at radius 1 is 1.44 bits per heavy atom. The van der Waals surface area contributed by atoms with Gasteiger partial charge in [0.2, 0.25) is 0 Å². The molecule has 1 aromatic heterocycles. The number of carbonyl (C=O) groups excluding carboxylic acids is 1. The molecule has 2 rings (SSSR count). The van der Waals surface area contributed by atoms with Crippen LogP contribution in [-0.4, -0.2) is 23.4 Å². The molecule has 0 atom stereocenters. The van der Waals surface area contributed by atoms with E-state index in [0.717, 1.165) is 33.6 Å². The van der Waals surface area contributed by atoms with Crippen molar-refractivity contribution in [3.63, 3.8) is 0 Å². The minimum atomic E-state index is 0.115. The molecule has 0 saturated heterocycles. The number of carbonyl (C=O) groups is 1. The number of Topliss-reactive ketones (excluding diaryl/α,β-unsaturated/α-hetero) is 1. The Bertz CT molecular complexity index is 601. The standard InChI is InChI=1S/C14H17ClN2O/c1-4-16-7-13(18)11-8-17(3)14-9(2)12(15)6-5-10(11)14/h5-6,8,16H,4,7H2,1-3H3. The van der Waals surface area contributed by atoms with Gasteiger partial charge in [0.15, 0.2) is 5.78 Å². The molecule has 0 radical (unpaired) electrons. The number of rotatable bonds is 4. The van der Waals surface area contributed by atoms with Crippen LogP contribution in [0.5, 0.6) is 0 Å². The summed E-state index contributed by atoms with van der Waals surface area (Å²) in [7, 11) is 1.94. The minimum Gasteiger partial charge on any atom is -0.350 e. The van der Waals surface area contributed by atoms with Gasteiger partial charge in [-0.3, -0.25) is 4.79 Å². The van der Waals surface area contributed by atoms with Gasteiger partial charge < -0.3 is 9.88 Å². The number of ketones is 1. The van der Waals surface area contributed by atoms with E-state index in [1.54, 1.807) is 0 Å². The maximum atomic E-state index is 12.1. The van der Waals surface area contributed by atoms with E-state index in [1.807, 2.05) is 43.8 Å². The van der Waals surface area contributed by atoms with E-state index in [0.29, 0.717) is 6.54 Å². The van der Waals surface area contributed by atoms with E-state index >= 15 is 0 Å². The van der Waals surface area contributed by atoms with Crippen LogP contribution in [0.25, 0.3) is 10.9 Å². The zero-order valence-electron chi connectivity index (χ0n) is 10.9. The fourth-order valence-electron chi connectivity index (χ4n) is 2.23. The van der Waals surface area contributed by atoms with Crippen molar-refractivity contribution in [1.82, 2.24) is 9.88 Å². The van der Waals surface area contributed by atoms with Gasteiger partial charge in [0, 0.05) is 29.2 Å². The molecule has 96 valence electrons. The molecule has 0 aliphatic rings. The molecule has 0 unspecified atom stereocenters. The molecule has 0 spiro atoms. The third kappa shape index (κ3) is 2.16. The van der Waals surface area contributed by atoms with Gasteiger partial charge in [-0.05, 0) is 25.1 Å². The van der Waals surface area contributed by atoms with Crippen LogP contribution >= 0.6 is 11.6 Å². The maximum Gasteiger partial charge on any atom is 0.178 e. The smallest absolute Gasteiger partial charge is 0.178 e. The van der Waals surface area contributed by atoms with Gasteiger partial charge in [0.1, 0.15) is 0 Å². The Balaban J connectivity index is 2.54. The lowest BCUT2D eigenvalue weighted by Gasteiger charge is -2.03. The predicted molar refractivity (Wildman–Crippen MR) is 75.5 cm³/mol. The monoisotopic (exact) mass is 264 g/mol. The third-order valence-electron chi connectivity index (χ3n) is 3.17. The summed E-state index contributed by atoms with van der Waals surface area (Å²) in [6, 6.07) is 3.77. The van der Waals surface area contributed by atoms with Crippen LogP contribution in [0, 0.1) is 6.92 Å². The lowest BCUT2D eigenvalue weighted by Crippen LogP contribution is -2.22. The van der Waals surface area contributed by atoms with Gasteiger partial charge in [-0.15, -0.1) is 0 Å². The number of halogens is 1. The van der Waals surface area contributed by atoms with Crippen molar-refractivity contribution in [3.8, 4) is 0 Å². The normalized spacial score (nSPS) is 11.1. The van der Waals surface area contributed by atoms with Crippen molar-refractivity contribution in [3.05, 3.63) is 34.5 Å². The molecule has 2 aromatic rings. The van der Waals surface area contributed by atoms with Crippen LogP contribution in [0.3, 0.4) is 0 Å². The van der Waals surface area contributed by atoms with E-state index in [9.17, 15) is 4.79 Å². The molecule has 18 heavy (non-hydrogen) atoms. The highest BCUT2D eigenvalue weighted by molar-refractivity contribution is 6.32. The summed E-state index contributed by atoms with van der Waals surface area (Å²) in [5.74, 6) is 0.115. The van der Waals surface area contributed by atoms with Crippen LogP contribution in [0.1, 0.15) is 22.8 Å². The highest BCUT2D eigenvalue weighted by Crippen LogP contribution is 2.28. The molecule has 1 heterocycles. The van der Waals surface area contributed by atoms with Gasteiger partial charge >= 0.3 is 0 Å². The lowest BCUT2D eigenvalue weighted by atomic mass is 10.1. The number of aromatic nitrogens is 1. The first-order chi connectivity index (χ1) is 8.56. The first-order valence-corrected chi connectivity index (χ1v) is 6.42. The molecular weight excluding hydrogens is 248 g/mol. The number of likely N-dealkylation sites (N-methyl/N-ethyl adjacent to an activating group) is 1. The molecule has 3 nitrogen and oxygen atoms in total. The molecule has 0 fully saturated rings. The maximum absolute atomic E-state index is 12.1. The number of fused-ring (bicyclic) bond motifs is 1. The Morgan fingerprint density at radius 2 is 2.17 bits per heavy atom. The summed E-state index contributed by atoms with van der Waals surface area (Å²) in [6.45, 7) is 5.13. The first-order valence-electron chi connectivity index (χ1n) is 6.04. The molecule has 0 saturated carbocycles. The van der Waals surface area contributed by atoms with Gasteiger partial charge in [-0.25, -0.2) is 0 Å². The summed E-state index contributed by atoms with van der Waals surface area (Å²) < 4.78 is 1.97. The molecule has 1 N–H and O–H groups in total. The quantitative estimate of drug-likeness (QED) is 0.862. The minimum absolute atomic E-state index is 0.115. The Kier molecular flexibility index (Phi) is 3.73. The van der Waals surface area contributed by atoms with Crippen molar-refractivity contribution in [2.24, 2.45) is 7.05 Å². The van der Waals surface area contributed by atoms with Crippen LogP contribution in [0.15, 0.2) is 18.3 Å². The Hall–Kier alpha value is -1.32. The van der Waals surface area contributed by atoms with E-state index in [1.165, 1.54) is 0 Å². The van der Waals surface area contributed by atoms with E-state index in [2.05, 4.69) is 5.32 Å². The van der Waals surface area contributed by atoms with Gasteiger partial charge in [0.05, 0.1) is 12.1 Å². The van der Waals surface area contributed by atoms with Crippen molar-refractivity contribution in [1.29, 1.82) is 0 Å². The highest BCUT2D eigenvalue weighted by atomic mass is 35.5. The van der Waals surface area contributed by atoms with Crippen LogP contribution < -0.4 is 5.32 Å². The largest absolute Gasteiger partial charge is 0.350 e. The first kappa shape index (κ1) is 13.1. The summed E-state index contributed by atoms with van der Waals surface area (Å²) in [4.78, 5) is 12.1. The number of benzene rings is 1. The number of nitrogens with one attached hydrogen (secondary N) is 1. The number of nitrogens with zero attached hydrogens (tertiary/aromatic N) is 1. The fourth-order valence-corrected chi connectivity index (χ4v) is 2.38. The van der Waals surface area contributed by atoms with Crippen molar-refractivity contribution >= 4 is 28.3 Å². The Labute approximate surface area is 112 Å². The average molecular weight is 265 g/mol. The summed E-state index contributed by atoms with van der Waals surface area (Å²) in [6.07, 6.45) is 1.88. The zero-order valence-corrected chi connectivity index (χ0v) is 11.6. The third-order valence-corrected chi connectivity index (χ3v) is 3.58. The van der Waals surface area contributed by atoms with Crippen LogP contribution in [0.4, 0.5) is 0 Å². The Morgan fingerprint density at radius 3 is 2.83 bits per heavy atom. The van der Waals surface area contributed by atoms with E-state index in [-0.39, 0.29) is 5.78 Å². The van der Waals surface area contributed by atoms with E-state index in [4.69, 9.17) is 11.6 Å². The molecule has 0 aliphatic heterocycles. The van der Waals surface area contributed by atoms with Crippen molar-refractivity contribution in [2.75, 3.05) is 13.1 Å². The van der Waals surface area contributed by atoms with Gasteiger partial charge in [-0.1, -0.05) is 24.6 Å². The fraction of sp³-hybridized carbons (Fsp3) is 0.357. The number of hydrogen-bond acceptors (Lipinski definition) is 2. The molecular formula is C14H17ClN2O. The van der Waals surface area contributed by atoms with Gasteiger partial charge in [0.25, 0.3) is 0 Å². The van der Waals surface area contributed by atoms with E-state index < -0.39 is 0 Å². The average Bonchev–Trinajstić information content (AvgIpc) is 2.69. The second-order valence-corrected chi connectivity index (χ2v) is 4.83. The summed E-state index contributed by atoms with van der Waals surface area (Å²) >= 11 is 6.12. The second kappa shape index (κ2) is 5.12. The summed E-state index contributed by atoms with van der Waals surface area (Å²) in [5.41, 5.74) is 2.80. The highest BCUT2D eigenvalue weighted by Gasteiger charge is 2.15. The summed E-state index contributed by atoms with van der Waals surface area (Å²) in [5, 5.41) is 4.77. The lowest BCUT2D eigenvalue weighted by molar-refractivity contribution is 0.0993. The predicted octanol–water partition coefficient (Wildman–Crippen LogP) is 2.93. The molecule has 0 aliphatic carbocycles. The molecule has 0 bridgehead atoms. The van der Waals surface area contributed by atoms with Crippen LogP contribution in [-0.2, 0) is 7.05 Å². The zero-order chi connectivity index (χ0) is 13.3. The SMILES string of the molecule is CCNCC(=O)c1cn(C)c2c(C)c(Cl)ccc12. The number of aryl methyl sites for hydroxylation is 2. The van der Waals surface area contributed by atoms with Crippen LogP contribution in [0.2, 0.25) is 5.02 Å². The van der Waals surface area contributed by atoms with Crippen molar-refractivity contribution < 1.29 is 4.79 Å². The molecule has 0 amide bonds. The topological polar surface area (TPSA) is 34.0 Å².